The summed E-state index contributed by atoms with van der Waals surface area (Å²) in [6.07, 6.45) is 3.02. The third kappa shape index (κ3) is 2.38. The first-order chi connectivity index (χ1) is 9.26. The molecule has 0 N–H and O–H groups in total. The number of rotatable bonds is 2. The van der Waals surface area contributed by atoms with Crippen LogP contribution in [0.5, 0.6) is 0 Å². The number of benzene rings is 1. The summed E-state index contributed by atoms with van der Waals surface area (Å²) < 4.78 is 2.07. The molecule has 4 nitrogen and oxygen atoms in total. The van der Waals surface area contributed by atoms with Crippen molar-refractivity contribution < 1.29 is 0 Å². The molecular formula is C15H16N4. The normalized spacial score (nSPS) is 14.9. The maximum Gasteiger partial charge on any atom is 0.0991 e. The van der Waals surface area contributed by atoms with Crippen LogP contribution in [-0.4, -0.2) is 28.3 Å². The fourth-order valence-corrected chi connectivity index (χ4v) is 2.59. The third-order valence-corrected chi connectivity index (χ3v) is 3.59. The quantitative estimate of drug-likeness (QED) is 0.818. The fraction of sp³-hybridized carbons (Fsp3) is 0.333. The molecule has 19 heavy (non-hydrogen) atoms. The second-order valence-electron chi connectivity index (χ2n) is 5.07. The van der Waals surface area contributed by atoms with Crippen LogP contribution in [-0.2, 0) is 19.5 Å². The van der Waals surface area contributed by atoms with Gasteiger partial charge in [-0.3, -0.25) is 4.68 Å². The number of likely N-dealkylation sites (N-methyl/N-ethyl adjacent to an activating group) is 1. The molecule has 1 aliphatic rings. The van der Waals surface area contributed by atoms with Crippen molar-refractivity contribution in [3.63, 3.8) is 0 Å². The summed E-state index contributed by atoms with van der Waals surface area (Å²) in [6.45, 7) is 2.80. The van der Waals surface area contributed by atoms with Gasteiger partial charge in [-0.2, -0.15) is 10.4 Å². The molecule has 96 valence electrons. The highest BCUT2D eigenvalue weighted by molar-refractivity contribution is 5.33. The van der Waals surface area contributed by atoms with E-state index >= 15 is 0 Å². The molecule has 0 saturated carbocycles. The van der Waals surface area contributed by atoms with E-state index in [0.717, 1.165) is 31.6 Å². The monoisotopic (exact) mass is 252 g/mol. The minimum absolute atomic E-state index is 0.707. The largest absolute Gasteiger partial charge is 0.302 e. The number of hydrogen-bond donors (Lipinski definition) is 0. The maximum atomic E-state index is 8.93. The number of aromatic nitrogens is 2. The summed E-state index contributed by atoms with van der Waals surface area (Å²) in [5, 5.41) is 13.4. The van der Waals surface area contributed by atoms with Crippen molar-refractivity contribution >= 4 is 0 Å². The van der Waals surface area contributed by atoms with Crippen molar-refractivity contribution in [3.05, 3.63) is 52.8 Å². The van der Waals surface area contributed by atoms with Gasteiger partial charge in [-0.15, -0.1) is 0 Å². The highest BCUT2D eigenvalue weighted by atomic mass is 15.3. The molecule has 1 aromatic carbocycles. The molecule has 0 bridgehead atoms. The smallest absolute Gasteiger partial charge is 0.0991 e. The van der Waals surface area contributed by atoms with E-state index < -0.39 is 0 Å². The highest BCUT2D eigenvalue weighted by Gasteiger charge is 2.17. The van der Waals surface area contributed by atoms with Crippen LogP contribution >= 0.6 is 0 Å². The first-order valence-electron chi connectivity index (χ1n) is 6.47. The van der Waals surface area contributed by atoms with Crippen LogP contribution in [0.25, 0.3) is 0 Å². The molecule has 2 heterocycles. The Balaban J connectivity index is 1.86. The van der Waals surface area contributed by atoms with Gasteiger partial charge < -0.3 is 4.90 Å². The van der Waals surface area contributed by atoms with Crippen LogP contribution in [0.2, 0.25) is 0 Å². The Labute approximate surface area is 112 Å². The summed E-state index contributed by atoms with van der Waals surface area (Å²) in [6, 6.07) is 9.92. The summed E-state index contributed by atoms with van der Waals surface area (Å²) in [4.78, 5) is 2.31. The van der Waals surface area contributed by atoms with Crippen molar-refractivity contribution in [1.29, 1.82) is 5.26 Å². The van der Waals surface area contributed by atoms with Crippen molar-refractivity contribution in [2.75, 3.05) is 13.6 Å². The van der Waals surface area contributed by atoms with Gasteiger partial charge in [-0.25, -0.2) is 0 Å². The third-order valence-electron chi connectivity index (χ3n) is 3.59. The molecule has 0 atom stereocenters. The van der Waals surface area contributed by atoms with E-state index in [1.807, 2.05) is 30.5 Å². The van der Waals surface area contributed by atoms with Crippen LogP contribution < -0.4 is 0 Å². The van der Waals surface area contributed by atoms with Gasteiger partial charge in [0.2, 0.25) is 0 Å². The summed E-state index contributed by atoms with van der Waals surface area (Å²) >= 11 is 0. The van der Waals surface area contributed by atoms with Gasteiger partial charge >= 0.3 is 0 Å². The van der Waals surface area contributed by atoms with Crippen LogP contribution in [0.15, 0.2) is 30.5 Å². The first kappa shape index (κ1) is 11.9. The lowest BCUT2D eigenvalue weighted by atomic mass is 10.1. The molecule has 0 saturated heterocycles. The average molecular weight is 252 g/mol. The lowest BCUT2D eigenvalue weighted by Crippen LogP contribution is -2.27. The highest BCUT2D eigenvalue weighted by Crippen LogP contribution is 2.18. The maximum absolute atomic E-state index is 8.93. The van der Waals surface area contributed by atoms with Crippen molar-refractivity contribution in [2.45, 2.75) is 19.5 Å². The standard InChI is InChI=1S/C15H16N4/c1-18-6-5-15-14(11-18)9-17-19(15)10-13-4-2-3-12(7-13)8-16/h2-4,7,9H,5-6,10-11H2,1H3. The zero-order chi connectivity index (χ0) is 13.2. The van der Waals surface area contributed by atoms with E-state index in [2.05, 4.69) is 27.8 Å². The minimum atomic E-state index is 0.707. The van der Waals surface area contributed by atoms with Gasteiger partial charge in [-0.05, 0) is 24.7 Å². The van der Waals surface area contributed by atoms with Gasteiger partial charge in [0, 0.05) is 30.8 Å². The van der Waals surface area contributed by atoms with Gasteiger partial charge in [0.15, 0.2) is 0 Å². The van der Waals surface area contributed by atoms with E-state index in [4.69, 9.17) is 5.26 Å². The summed E-state index contributed by atoms with van der Waals surface area (Å²) in [5.41, 5.74) is 4.49. The van der Waals surface area contributed by atoms with Crippen LogP contribution in [0.4, 0.5) is 0 Å². The fourth-order valence-electron chi connectivity index (χ4n) is 2.59. The number of hydrogen-bond acceptors (Lipinski definition) is 3. The topological polar surface area (TPSA) is 44.9 Å². The van der Waals surface area contributed by atoms with E-state index in [0.29, 0.717) is 5.56 Å². The first-order valence-corrected chi connectivity index (χ1v) is 6.47. The lowest BCUT2D eigenvalue weighted by Gasteiger charge is -2.23. The minimum Gasteiger partial charge on any atom is -0.302 e. The van der Waals surface area contributed by atoms with Gasteiger partial charge in [0.05, 0.1) is 24.4 Å². The predicted molar refractivity (Wildman–Crippen MR) is 72.5 cm³/mol. The predicted octanol–water partition coefficient (Wildman–Crippen LogP) is 1.79. The van der Waals surface area contributed by atoms with E-state index in [1.54, 1.807) is 0 Å². The molecular weight excluding hydrogens is 236 g/mol. The average Bonchev–Trinajstić information content (AvgIpc) is 2.81. The Hall–Kier alpha value is -2.12. The van der Waals surface area contributed by atoms with Gasteiger partial charge in [0.25, 0.3) is 0 Å². The van der Waals surface area contributed by atoms with Crippen LogP contribution in [0.3, 0.4) is 0 Å². The number of nitrogens with zero attached hydrogens (tertiary/aromatic N) is 4. The molecule has 0 fully saturated rings. The Morgan fingerprint density at radius 3 is 3.16 bits per heavy atom. The van der Waals surface area contributed by atoms with Crippen molar-refractivity contribution in [3.8, 4) is 6.07 Å². The zero-order valence-corrected chi connectivity index (χ0v) is 11.0. The van der Waals surface area contributed by atoms with E-state index in [9.17, 15) is 0 Å². The molecule has 0 unspecified atom stereocenters. The molecule has 4 heteroatoms. The Morgan fingerprint density at radius 1 is 1.42 bits per heavy atom. The molecule has 3 rings (SSSR count). The van der Waals surface area contributed by atoms with Gasteiger partial charge in [0.1, 0.15) is 0 Å². The van der Waals surface area contributed by atoms with Gasteiger partial charge in [-0.1, -0.05) is 12.1 Å². The van der Waals surface area contributed by atoms with Crippen molar-refractivity contribution in [2.24, 2.45) is 0 Å². The molecule has 0 aliphatic carbocycles. The Bertz CT molecular complexity index is 636. The second-order valence-corrected chi connectivity index (χ2v) is 5.07. The molecule has 0 amide bonds. The molecule has 0 spiro atoms. The molecule has 2 aromatic rings. The molecule has 0 radical (unpaired) electrons. The summed E-state index contributed by atoms with van der Waals surface area (Å²) in [7, 11) is 2.14. The number of fused-ring (bicyclic) bond motifs is 1. The SMILES string of the molecule is CN1CCc2c(cnn2Cc2cccc(C#N)c2)C1. The lowest BCUT2D eigenvalue weighted by molar-refractivity contribution is 0.308. The Morgan fingerprint density at radius 2 is 2.32 bits per heavy atom. The van der Waals surface area contributed by atoms with E-state index in [-0.39, 0.29) is 0 Å². The van der Waals surface area contributed by atoms with Crippen LogP contribution in [0.1, 0.15) is 22.4 Å². The summed E-state index contributed by atoms with van der Waals surface area (Å²) in [5.74, 6) is 0. The van der Waals surface area contributed by atoms with E-state index in [1.165, 1.54) is 11.3 Å². The molecule has 1 aliphatic heterocycles. The van der Waals surface area contributed by atoms with Crippen LogP contribution in [0, 0.1) is 11.3 Å². The zero-order valence-electron chi connectivity index (χ0n) is 11.0. The Kier molecular flexibility index (Phi) is 3.06. The van der Waals surface area contributed by atoms with Crippen molar-refractivity contribution in [1.82, 2.24) is 14.7 Å². The number of nitriles is 1. The molecule has 1 aromatic heterocycles. The second kappa shape index (κ2) is 4.87.